The summed E-state index contributed by atoms with van der Waals surface area (Å²) in [5.41, 5.74) is 1.05. The van der Waals surface area contributed by atoms with E-state index in [2.05, 4.69) is 35.1 Å². The van der Waals surface area contributed by atoms with Crippen molar-refractivity contribution in [3.05, 3.63) is 58.3 Å². The summed E-state index contributed by atoms with van der Waals surface area (Å²) in [6.45, 7) is 5.06. The number of ether oxygens (including phenoxy) is 1. The minimum absolute atomic E-state index is 0.199. The van der Waals surface area contributed by atoms with Crippen LogP contribution in [0.15, 0.2) is 46.9 Å². The van der Waals surface area contributed by atoms with E-state index in [1.807, 2.05) is 24.3 Å². The van der Waals surface area contributed by atoms with Gasteiger partial charge in [0.1, 0.15) is 5.75 Å². The summed E-state index contributed by atoms with van der Waals surface area (Å²) in [7, 11) is 0. The summed E-state index contributed by atoms with van der Waals surface area (Å²) in [6, 6.07) is 12.8. The first-order chi connectivity index (χ1) is 10.2. The molecule has 1 unspecified atom stereocenters. The fraction of sp³-hybridized carbons (Fsp3) is 0.294. The molecular formula is C17H19BrFNO. The molecule has 0 aromatic heterocycles. The molecule has 2 aromatic rings. The van der Waals surface area contributed by atoms with E-state index in [4.69, 9.17) is 4.74 Å². The summed E-state index contributed by atoms with van der Waals surface area (Å²) in [5.74, 6) is 0.541. The second-order valence-electron chi connectivity index (χ2n) is 4.73. The Bertz CT molecular complexity index is 603. The van der Waals surface area contributed by atoms with Gasteiger partial charge in [0.15, 0.2) is 11.6 Å². The molecule has 0 heterocycles. The maximum Gasteiger partial charge on any atom is 0.166 e. The first kappa shape index (κ1) is 16.0. The number of hydrogen-bond donors (Lipinski definition) is 1. The molecule has 112 valence electrons. The number of rotatable bonds is 6. The quantitative estimate of drug-likeness (QED) is 0.747. The Morgan fingerprint density at radius 1 is 1.14 bits per heavy atom. The molecule has 2 aromatic carbocycles. The molecule has 0 aliphatic carbocycles. The van der Waals surface area contributed by atoms with Crippen LogP contribution in [0.4, 0.5) is 4.39 Å². The number of nitrogens with one attached hydrogen (secondary N) is 1. The van der Waals surface area contributed by atoms with Crippen LogP contribution < -0.4 is 10.1 Å². The van der Waals surface area contributed by atoms with E-state index in [0.29, 0.717) is 10.2 Å². The van der Waals surface area contributed by atoms with Crippen LogP contribution in [-0.2, 0) is 0 Å². The minimum Gasteiger partial charge on any atom is -0.454 e. The molecule has 0 fully saturated rings. The Balaban J connectivity index is 2.31. The van der Waals surface area contributed by atoms with Gasteiger partial charge in [-0.2, -0.15) is 0 Å². The predicted octanol–water partition coefficient (Wildman–Crippen LogP) is 5.44. The zero-order chi connectivity index (χ0) is 15.2. The van der Waals surface area contributed by atoms with Gasteiger partial charge in [-0.05, 0) is 37.2 Å². The van der Waals surface area contributed by atoms with E-state index in [1.165, 1.54) is 6.07 Å². The highest BCUT2D eigenvalue weighted by Gasteiger charge is 2.15. The zero-order valence-electron chi connectivity index (χ0n) is 12.2. The van der Waals surface area contributed by atoms with Crippen LogP contribution >= 0.6 is 15.9 Å². The molecule has 0 aliphatic rings. The lowest BCUT2D eigenvalue weighted by Crippen LogP contribution is -2.20. The fourth-order valence-electron chi connectivity index (χ4n) is 2.26. The maximum absolute atomic E-state index is 13.9. The lowest BCUT2D eigenvalue weighted by Gasteiger charge is -2.20. The normalized spacial score (nSPS) is 12.2. The van der Waals surface area contributed by atoms with Crippen LogP contribution in [0.1, 0.15) is 31.9 Å². The lowest BCUT2D eigenvalue weighted by molar-refractivity contribution is 0.424. The highest BCUT2D eigenvalue weighted by Crippen LogP contribution is 2.32. The molecule has 21 heavy (non-hydrogen) atoms. The van der Waals surface area contributed by atoms with Gasteiger partial charge in [-0.25, -0.2) is 4.39 Å². The van der Waals surface area contributed by atoms with Gasteiger partial charge in [0.05, 0.1) is 0 Å². The predicted molar refractivity (Wildman–Crippen MR) is 87.3 cm³/mol. The van der Waals surface area contributed by atoms with Crippen molar-refractivity contribution in [2.45, 2.75) is 26.3 Å². The molecule has 0 saturated heterocycles. The molecule has 2 nitrogen and oxygen atoms in total. The molecule has 0 radical (unpaired) electrons. The van der Waals surface area contributed by atoms with Crippen molar-refractivity contribution >= 4 is 15.9 Å². The van der Waals surface area contributed by atoms with Crippen molar-refractivity contribution < 1.29 is 9.13 Å². The van der Waals surface area contributed by atoms with Gasteiger partial charge in [0, 0.05) is 16.1 Å². The number of para-hydroxylation sites is 1. The van der Waals surface area contributed by atoms with Crippen LogP contribution in [-0.4, -0.2) is 6.54 Å². The average Bonchev–Trinajstić information content (AvgIpc) is 2.48. The maximum atomic E-state index is 13.9. The first-order valence-electron chi connectivity index (χ1n) is 7.10. The van der Waals surface area contributed by atoms with E-state index < -0.39 is 0 Å². The van der Waals surface area contributed by atoms with E-state index in [-0.39, 0.29) is 17.6 Å². The Labute approximate surface area is 133 Å². The molecule has 0 saturated carbocycles. The standard InChI is InChI=1S/C17H19BrFNO/c1-3-15(20-4-2)13-7-5-6-8-16(13)21-17-10-9-12(18)11-14(17)19/h5-11,15,20H,3-4H2,1-2H3. The van der Waals surface area contributed by atoms with Crippen LogP contribution in [0.2, 0.25) is 0 Å². The van der Waals surface area contributed by atoms with E-state index in [0.717, 1.165) is 18.5 Å². The largest absolute Gasteiger partial charge is 0.454 e. The highest BCUT2D eigenvalue weighted by atomic mass is 79.9. The molecule has 0 amide bonds. The van der Waals surface area contributed by atoms with Gasteiger partial charge in [-0.3, -0.25) is 0 Å². The van der Waals surface area contributed by atoms with Gasteiger partial charge >= 0.3 is 0 Å². The summed E-state index contributed by atoms with van der Waals surface area (Å²) in [5, 5.41) is 3.42. The monoisotopic (exact) mass is 351 g/mol. The molecule has 1 N–H and O–H groups in total. The molecule has 4 heteroatoms. The first-order valence-corrected chi connectivity index (χ1v) is 7.90. The highest BCUT2D eigenvalue weighted by molar-refractivity contribution is 9.10. The Kier molecular flexibility index (Phi) is 5.76. The topological polar surface area (TPSA) is 21.3 Å². The third-order valence-electron chi connectivity index (χ3n) is 3.27. The van der Waals surface area contributed by atoms with Crippen LogP contribution in [0.5, 0.6) is 11.5 Å². The third-order valence-corrected chi connectivity index (χ3v) is 3.76. The molecule has 0 bridgehead atoms. The van der Waals surface area contributed by atoms with Gasteiger partial charge in [-0.15, -0.1) is 0 Å². The van der Waals surface area contributed by atoms with E-state index in [9.17, 15) is 4.39 Å². The SMILES string of the molecule is CCNC(CC)c1ccccc1Oc1ccc(Br)cc1F. The third kappa shape index (κ3) is 4.05. The van der Waals surface area contributed by atoms with Gasteiger partial charge in [-0.1, -0.05) is 48.0 Å². The Morgan fingerprint density at radius 2 is 1.90 bits per heavy atom. The Hall–Kier alpha value is -1.39. The molecule has 0 spiro atoms. The van der Waals surface area contributed by atoms with E-state index >= 15 is 0 Å². The fourth-order valence-corrected chi connectivity index (χ4v) is 2.59. The molecule has 0 aliphatic heterocycles. The van der Waals surface area contributed by atoms with Crippen molar-refractivity contribution in [2.75, 3.05) is 6.54 Å². The van der Waals surface area contributed by atoms with Crippen LogP contribution in [0.3, 0.4) is 0 Å². The second-order valence-corrected chi connectivity index (χ2v) is 5.65. The smallest absolute Gasteiger partial charge is 0.166 e. The number of benzene rings is 2. The van der Waals surface area contributed by atoms with E-state index in [1.54, 1.807) is 12.1 Å². The van der Waals surface area contributed by atoms with Crippen molar-refractivity contribution in [1.29, 1.82) is 0 Å². The van der Waals surface area contributed by atoms with Crippen molar-refractivity contribution in [3.63, 3.8) is 0 Å². The summed E-state index contributed by atoms with van der Waals surface area (Å²) >= 11 is 3.25. The summed E-state index contributed by atoms with van der Waals surface area (Å²) < 4.78 is 20.4. The number of halogens is 2. The van der Waals surface area contributed by atoms with Gasteiger partial charge < -0.3 is 10.1 Å². The van der Waals surface area contributed by atoms with Crippen LogP contribution in [0, 0.1) is 5.82 Å². The van der Waals surface area contributed by atoms with Crippen molar-refractivity contribution in [1.82, 2.24) is 5.32 Å². The minimum atomic E-state index is -0.379. The molecule has 2 rings (SSSR count). The summed E-state index contributed by atoms with van der Waals surface area (Å²) in [4.78, 5) is 0. The van der Waals surface area contributed by atoms with Crippen molar-refractivity contribution in [2.24, 2.45) is 0 Å². The second kappa shape index (κ2) is 7.57. The summed E-state index contributed by atoms with van der Waals surface area (Å²) in [6.07, 6.45) is 0.942. The molecule has 1 atom stereocenters. The average molecular weight is 352 g/mol. The van der Waals surface area contributed by atoms with Crippen LogP contribution in [0.25, 0.3) is 0 Å². The Morgan fingerprint density at radius 3 is 2.57 bits per heavy atom. The van der Waals surface area contributed by atoms with Gasteiger partial charge in [0.2, 0.25) is 0 Å². The molecular weight excluding hydrogens is 333 g/mol. The van der Waals surface area contributed by atoms with Crippen molar-refractivity contribution in [3.8, 4) is 11.5 Å². The van der Waals surface area contributed by atoms with Gasteiger partial charge in [0.25, 0.3) is 0 Å². The zero-order valence-corrected chi connectivity index (χ0v) is 13.8. The number of hydrogen-bond acceptors (Lipinski definition) is 2. The lowest BCUT2D eigenvalue weighted by atomic mass is 10.0.